The van der Waals surface area contributed by atoms with Crippen LogP contribution < -0.4 is 10.1 Å². The number of nitrogens with one attached hydrogen (secondary N) is 1. The summed E-state index contributed by atoms with van der Waals surface area (Å²) < 4.78 is 20.3. The Kier molecular flexibility index (Phi) is 7.46. The highest BCUT2D eigenvalue weighted by atomic mass is 19.1. The smallest absolute Gasteiger partial charge is 0.224 e. The lowest BCUT2D eigenvalue weighted by Crippen LogP contribution is -2.43. The number of aromatic nitrogens is 1. The highest BCUT2D eigenvalue weighted by Gasteiger charge is 2.28. The van der Waals surface area contributed by atoms with Gasteiger partial charge in [-0.2, -0.15) is 0 Å². The van der Waals surface area contributed by atoms with Gasteiger partial charge in [-0.15, -0.1) is 0 Å². The second kappa shape index (κ2) is 10.9. The summed E-state index contributed by atoms with van der Waals surface area (Å²) in [5, 5.41) is 3.06. The van der Waals surface area contributed by atoms with Gasteiger partial charge in [0.1, 0.15) is 18.2 Å². The molecule has 32 heavy (non-hydrogen) atoms. The van der Waals surface area contributed by atoms with Crippen molar-refractivity contribution in [2.24, 2.45) is 5.92 Å². The zero-order chi connectivity index (χ0) is 22.2. The van der Waals surface area contributed by atoms with Gasteiger partial charge in [-0.3, -0.25) is 14.7 Å². The lowest BCUT2D eigenvalue weighted by atomic mass is 9.94. The van der Waals surface area contributed by atoms with E-state index >= 15 is 0 Å². The molecule has 0 bridgehead atoms. The molecule has 1 fully saturated rings. The van der Waals surface area contributed by atoms with Gasteiger partial charge >= 0.3 is 0 Å². The number of hydrogen-bond donors (Lipinski definition) is 1. The molecule has 1 saturated heterocycles. The summed E-state index contributed by atoms with van der Waals surface area (Å²) in [5.74, 6) is 0.371. The molecule has 1 amide bonds. The number of carbonyl (C=O) groups excluding carboxylic acids is 1. The molecule has 0 spiro atoms. The van der Waals surface area contributed by atoms with Crippen molar-refractivity contribution in [1.82, 2.24) is 15.2 Å². The Morgan fingerprint density at radius 2 is 1.75 bits per heavy atom. The molecule has 1 aliphatic rings. The maximum Gasteiger partial charge on any atom is 0.224 e. The molecule has 166 valence electrons. The van der Waals surface area contributed by atoms with Gasteiger partial charge < -0.3 is 10.1 Å². The van der Waals surface area contributed by atoms with Gasteiger partial charge in [-0.05, 0) is 56.3 Å². The molecule has 2 heterocycles. The summed E-state index contributed by atoms with van der Waals surface area (Å²) in [6.45, 7) is 3.12. The maximum absolute atomic E-state index is 14.5. The monoisotopic (exact) mass is 433 g/mol. The molecule has 3 aromatic rings. The second-order valence-corrected chi connectivity index (χ2v) is 8.00. The number of carbonyl (C=O) groups is 1. The number of hydrogen-bond acceptors (Lipinski definition) is 4. The van der Waals surface area contributed by atoms with Gasteiger partial charge in [0, 0.05) is 24.2 Å². The number of amides is 1. The molecule has 1 aromatic heterocycles. The van der Waals surface area contributed by atoms with Gasteiger partial charge in [0.2, 0.25) is 5.91 Å². The minimum atomic E-state index is -0.609. The summed E-state index contributed by atoms with van der Waals surface area (Å²) in [7, 11) is 0. The Morgan fingerprint density at radius 3 is 2.47 bits per heavy atom. The standard InChI is InChI=1S/C26H28FN3O2/c27-23-11-5-4-10-22(23)25(24-12-6-7-15-28-24)29-26(31)20-13-16-30(17-14-20)18-19-32-21-8-2-1-3-9-21/h1-12,15,20,25H,13-14,16-19H2,(H,29,31). The third kappa shape index (κ3) is 5.71. The molecule has 1 unspecified atom stereocenters. The Labute approximate surface area is 188 Å². The van der Waals surface area contributed by atoms with Crippen LogP contribution in [0.3, 0.4) is 0 Å². The van der Waals surface area contributed by atoms with Crippen molar-refractivity contribution >= 4 is 5.91 Å². The molecule has 0 radical (unpaired) electrons. The summed E-state index contributed by atoms with van der Waals surface area (Å²) in [5.41, 5.74) is 1.05. The van der Waals surface area contributed by atoms with E-state index in [2.05, 4.69) is 15.2 Å². The summed E-state index contributed by atoms with van der Waals surface area (Å²) >= 11 is 0. The molecule has 1 atom stereocenters. The molecular weight excluding hydrogens is 405 g/mol. The van der Waals surface area contributed by atoms with Gasteiger partial charge in [-0.25, -0.2) is 4.39 Å². The molecule has 0 aliphatic carbocycles. The molecule has 4 rings (SSSR count). The van der Waals surface area contributed by atoms with Crippen LogP contribution >= 0.6 is 0 Å². The Balaban J connectivity index is 1.32. The predicted octanol–water partition coefficient (Wildman–Crippen LogP) is 4.22. The molecule has 2 aromatic carbocycles. The van der Waals surface area contributed by atoms with Crippen LogP contribution in [0.15, 0.2) is 79.0 Å². The highest BCUT2D eigenvalue weighted by molar-refractivity contribution is 5.79. The zero-order valence-corrected chi connectivity index (χ0v) is 18.0. The fourth-order valence-electron chi connectivity index (χ4n) is 4.06. The van der Waals surface area contributed by atoms with Gasteiger partial charge in [0.25, 0.3) is 0 Å². The minimum Gasteiger partial charge on any atom is -0.492 e. The fourth-order valence-corrected chi connectivity index (χ4v) is 4.06. The summed E-state index contributed by atoms with van der Waals surface area (Å²) in [6, 6.07) is 21.2. The number of piperidine rings is 1. The van der Waals surface area contributed by atoms with Crippen LogP contribution in [0.2, 0.25) is 0 Å². The number of pyridine rings is 1. The number of likely N-dealkylation sites (tertiary alicyclic amines) is 1. The van der Waals surface area contributed by atoms with Crippen LogP contribution in [-0.4, -0.2) is 42.0 Å². The molecule has 6 heteroatoms. The first kappa shape index (κ1) is 22.0. The average Bonchev–Trinajstić information content (AvgIpc) is 2.85. The van der Waals surface area contributed by atoms with E-state index in [4.69, 9.17) is 4.74 Å². The first-order valence-electron chi connectivity index (χ1n) is 11.1. The lowest BCUT2D eigenvalue weighted by molar-refractivity contribution is -0.127. The van der Waals surface area contributed by atoms with E-state index in [0.29, 0.717) is 17.9 Å². The Bertz CT molecular complexity index is 992. The third-order valence-corrected chi connectivity index (χ3v) is 5.86. The van der Waals surface area contributed by atoms with Crippen LogP contribution in [0, 0.1) is 11.7 Å². The topological polar surface area (TPSA) is 54.5 Å². The number of halogens is 1. The van der Waals surface area contributed by atoms with Gasteiger partial charge in [0.05, 0.1) is 11.7 Å². The number of ether oxygens (including phenoxy) is 1. The van der Waals surface area contributed by atoms with Crippen molar-refractivity contribution in [1.29, 1.82) is 0 Å². The summed E-state index contributed by atoms with van der Waals surface area (Å²) in [6.07, 6.45) is 3.19. The average molecular weight is 434 g/mol. The van der Waals surface area contributed by atoms with Crippen LogP contribution in [-0.2, 0) is 4.79 Å². The number of para-hydroxylation sites is 1. The molecule has 1 aliphatic heterocycles. The fraction of sp³-hybridized carbons (Fsp3) is 0.308. The van der Waals surface area contributed by atoms with Crippen molar-refractivity contribution in [3.8, 4) is 5.75 Å². The van der Waals surface area contributed by atoms with Gasteiger partial charge in [0.15, 0.2) is 0 Å². The molecule has 0 saturated carbocycles. The number of benzene rings is 2. The number of nitrogens with zero attached hydrogens (tertiary/aromatic N) is 2. The van der Waals surface area contributed by atoms with Crippen LogP contribution in [0.5, 0.6) is 5.75 Å². The summed E-state index contributed by atoms with van der Waals surface area (Å²) in [4.78, 5) is 19.7. The van der Waals surface area contributed by atoms with Crippen LogP contribution in [0.4, 0.5) is 4.39 Å². The third-order valence-electron chi connectivity index (χ3n) is 5.86. The van der Waals surface area contributed by atoms with Crippen LogP contribution in [0.25, 0.3) is 0 Å². The quantitative estimate of drug-likeness (QED) is 0.578. The van der Waals surface area contributed by atoms with Crippen molar-refractivity contribution < 1.29 is 13.9 Å². The van der Waals surface area contributed by atoms with Crippen molar-refractivity contribution in [3.63, 3.8) is 0 Å². The van der Waals surface area contributed by atoms with Crippen LogP contribution in [0.1, 0.15) is 30.1 Å². The maximum atomic E-state index is 14.5. The van der Waals surface area contributed by atoms with E-state index in [1.807, 2.05) is 42.5 Å². The van der Waals surface area contributed by atoms with E-state index in [-0.39, 0.29) is 17.6 Å². The number of rotatable bonds is 8. The van der Waals surface area contributed by atoms with E-state index in [0.717, 1.165) is 38.2 Å². The Morgan fingerprint density at radius 1 is 1.03 bits per heavy atom. The van der Waals surface area contributed by atoms with Crippen molar-refractivity contribution in [2.75, 3.05) is 26.2 Å². The first-order valence-corrected chi connectivity index (χ1v) is 11.1. The predicted molar refractivity (Wildman–Crippen MR) is 122 cm³/mol. The van der Waals surface area contributed by atoms with Crippen molar-refractivity contribution in [3.05, 3.63) is 96.1 Å². The van der Waals surface area contributed by atoms with Gasteiger partial charge in [-0.1, -0.05) is 42.5 Å². The van der Waals surface area contributed by atoms with E-state index < -0.39 is 6.04 Å². The zero-order valence-electron chi connectivity index (χ0n) is 18.0. The molecular formula is C26H28FN3O2. The van der Waals surface area contributed by atoms with E-state index in [1.165, 1.54) is 6.07 Å². The largest absolute Gasteiger partial charge is 0.492 e. The first-order chi connectivity index (χ1) is 15.7. The molecule has 5 nitrogen and oxygen atoms in total. The Hall–Kier alpha value is -3.25. The lowest BCUT2D eigenvalue weighted by Gasteiger charge is -2.32. The SMILES string of the molecule is O=C(NC(c1ccccn1)c1ccccc1F)C1CCN(CCOc2ccccc2)CC1. The second-order valence-electron chi connectivity index (χ2n) is 8.00. The van der Waals surface area contributed by atoms with E-state index in [9.17, 15) is 9.18 Å². The molecule has 1 N–H and O–H groups in total. The van der Waals surface area contributed by atoms with Crippen molar-refractivity contribution in [2.45, 2.75) is 18.9 Å². The highest BCUT2D eigenvalue weighted by Crippen LogP contribution is 2.25. The van der Waals surface area contributed by atoms with E-state index in [1.54, 1.807) is 30.5 Å². The minimum absolute atomic E-state index is 0.0518. The normalized spacial score (nSPS) is 15.8.